The number of fused-ring (bicyclic) bond motifs is 1. The van der Waals surface area contributed by atoms with Gasteiger partial charge in [0.2, 0.25) is 10.0 Å². The van der Waals surface area contributed by atoms with E-state index < -0.39 is 27.2 Å². The maximum atomic E-state index is 13.1. The first-order valence-corrected chi connectivity index (χ1v) is 12.5. The molecule has 0 radical (unpaired) electrons. The summed E-state index contributed by atoms with van der Waals surface area (Å²) in [5, 5.41) is 0.230. The van der Waals surface area contributed by atoms with Crippen LogP contribution >= 0.6 is 11.3 Å². The highest BCUT2D eigenvalue weighted by Gasteiger charge is 2.19. The summed E-state index contributed by atoms with van der Waals surface area (Å²) in [6, 6.07) is 16.5. The van der Waals surface area contributed by atoms with E-state index in [1.807, 2.05) is 30.3 Å². The van der Waals surface area contributed by atoms with Gasteiger partial charge in [0.05, 0.1) is 16.8 Å². The summed E-state index contributed by atoms with van der Waals surface area (Å²) in [6.45, 7) is 0.0430. The molecule has 1 N–H and O–H groups in total. The SMILES string of the molecule is CNS(=O)(=O)c1ccc(Cn2c(=O)c3cc(C(=O)OCc4ccccc4)sc3n(C)c2=O)cc1. The smallest absolute Gasteiger partial charge is 0.348 e. The molecule has 0 saturated heterocycles. The molecule has 0 saturated carbocycles. The van der Waals surface area contributed by atoms with Crippen molar-refractivity contribution in [1.82, 2.24) is 13.9 Å². The van der Waals surface area contributed by atoms with Gasteiger partial charge in [0.1, 0.15) is 16.3 Å². The Kier molecular flexibility index (Phi) is 6.51. The third-order valence-electron chi connectivity index (χ3n) is 5.27. The molecule has 176 valence electrons. The number of hydrogen-bond donors (Lipinski definition) is 1. The first-order valence-electron chi connectivity index (χ1n) is 10.2. The predicted molar refractivity (Wildman–Crippen MR) is 129 cm³/mol. The number of aromatic nitrogens is 2. The lowest BCUT2D eigenvalue weighted by atomic mass is 10.2. The monoisotopic (exact) mass is 499 g/mol. The van der Waals surface area contributed by atoms with Crippen molar-refractivity contribution in [1.29, 1.82) is 0 Å². The summed E-state index contributed by atoms with van der Waals surface area (Å²) < 4.78 is 33.7. The van der Waals surface area contributed by atoms with Gasteiger partial charge in [-0.3, -0.25) is 13.9 Å². The summed E-state index contributed by atoms with van der Waals surface area (Å²) in [4.78, 5) is 39.2. The van der Waals surface area contributed by atoms with E-state index >= 15 is 0 Å². The van der Waals surface area contributed by atoms with Crippen LogP contribution < -0.4 is 16.0 Å². The highest BCUT2D eigenvalue weighted by Crippen LogP contribution is 2.23. The van der Waals surface area contributed by atoms with Crippen molar-refractivity contribution in [3.63, 3.8) is 0 Å². The van der Waals surface area contributed by atoms with Gasteiger partial charge in [0.15, 0.2) is 0 Å². The summed E-state index contributed by atoms with van der Waals surface area (Å²) in [5.74, 6) is -0.579. The number of rotatable bonds is 7. The van der Waals surface area contributed by atoms with Crippen molar-refractivity contribution in [2.75, 3.05) is 7.05 Å². The van der Waals surface area contributed by atoms with Gasteiger partial charge in [-0.15, -0.1) is 11.3 Å². The van der Waals surface area contributed by atoms with Crippen molar-refractivity contribution in [2.45, 2.75) is 18.0 Å². The molecule has 0 spiro atoms. The quantitative estimate of drug-likeness (QED) is 0.389. The largest absolute Gasteiger partial charge is 0.457 e. The molecule has 9 nitrogen and oxygen atoms in total. The lowest BCUT2D eigenvalue weighted by Crippen LogP contribution is -2.38. The number of sulfonamides is 1. The molecule has 0 aliphatic rings. The third kappa shape index (κ3) is 4.58. The van der Waals surface area contributed by atoms with E-state index in [9.17, 15) is 22.8 Å². The van der Waals surface area contributed by atoms with Gasteiger partial charge in [-0.1, -0.05) is 42.5 Å². The van der Waals surface area contributed by atoms with Gasteiger partial charge in [-0.2, -0.15) is 0 Å². The number of benzene rings is 2. The molecule has 0 amide bonds. The average Bonchev–Trinajstić information content (AvgIpc) is 3.31. The average molecular weight is 500 g/mol. The molecule has 11 heteroatoms. The number of nitrogens with zero attached hydrogens (tertiary/aromatic N) is 2. The van der Waals surface area contributed by atoms with Crippen LogP contribution in [-0.4, -0.2) is 30.6 Å². The number of nitrogens with one attached hydrogen (secondary N) is 1. The predicted octanol–water partition coefficient (Wildman–Crippen LogP) is 2.08. The Bertz CT molecular complexity index is 1580. The molecule has 4 aromatic rings. The number of carbonyl (C=O) groups is 1. The summed E-state index contributed by atoms with van der Waals surface area (Å²) in [5.41, 5.74) is 0.324. The van der Waals surface area contributed by atoms with E-state index in [-0.39, 0.29) is 28.3 Å². The van der Waals surface area contributed by atoms with E-state index in [0.29, 0.717) is 10.4 Å². The van der Waals surface area contributed by atoms with Gasteiger partial charge in [0, 0.05) is 7.05 Å². The topological polar surface area (TPSA) is 116 Å². The maximum Gasteiger partial charge on any atom is 0.348 e. The number of esters is 1. The van der Waals surface area contributed by atoms with Crippen LogP contribution in [0.1, 0.15) is 20.8 Å². The van der Waals surface area contributed by atoms with E-state index in [2.05, 4.69) is 4.72 Å². The Balaban J connectivity index is 1.64. The maximum absolute atomic E-state index is 13.1. The number of ether oxygens (including phenoxy) is 1. The number of aryl methyl sites for hydroxylation is 1. The molecule has 2 heterocycles. The summed E-state index contributed by atoms with van der Waals surface area (Å²) in [6.07, 6.45) is 0. The zero-order valence-corrected chi connectivity index (χ0v) is 20.0. The lowest BCUT2D eigenvalue weighted by molar-refractivity contribution is 0.0478. The van der Waals surface area contributed by atoms with Gasteiger partial charge in [-0.25, -0.2) is 22.7 Å². The van der Waals surface area contributed by atoms with Crippen LogP contribution in [0.2, 0.25) is 0 Å². The van der Waals surface area contributed by atoms with Crippen molar-refractivity contribution in [2.24, 2.45) is 7.05 Å². The first kappa shape index (κ1) is 23.6. The van der Waals surface area contributed by atoms with E-state index in [0.717, 1.165) is 21.5 Å². The second-order valence-corrected chi connectivity index (χ2v) is 10.4. The Morgan fingerprint density at radius 1 is 1.03 bits per heavy atom. The minimum Gasteiger partial charge on any atom is -0.457 e. The molecule has 0 aliphatic heterocycles. The zero-order valence-electron chi connectivity index (χ0n) is 18.3. The van der Waals surface area contributed by atoms with Crippen LogP contribution in [0.4, 0.5) is 0 Å². The molecule has 0 atom stereocenters. The molecule has 0 fully saturated rings. The Morgan fingerprint density at radius 3 is 2.35 bits per heavy atom. The minimum absolute atomic E-state index is 0.0506. The molecule has 0 bridgehead atoms. The van der Waals surface area contributed by atoms with E-state index in [4.69, 9.17) is 4.74 Å². The summed E-state index contributed by atoms with van der Waals surface area (Å²) in [7, 11) is -0.754. The van der Waals surface area contributed by atoms with Crippen LogP contribution in [0.15, 0.2) is 75.1 Å². The van der Waals surface area contributed by atoms with E-state index in [1.54, 1.807) is 12.1 Å². The fourth-order valence-corrected chi connectivity index (χ4v) is 5.12. The minimum atomic E-state index is -3.59. The number of carbonyl (C=O) groups excluding carboxylic acids is 1. The second-order valence-electron chi connectivity index (χ2n) is 7.48. The van der Waals surface area contributed by atoms with Crippen LogP contribution in [0.3, 0.4) is 0 Å². The molecule has 0 aliphatic carbocycles. The van der Waals surface area contributed by atoms with Crippen molar-refractivity contribution >= 4 is 37.5 Å². The summed E-state index contributed by atoms with van der Waals surface area (Å²) >= 11 is 1.02. The number of thiophene rings is 1. The molecule has 2 aromatic carbocycles. The Morgan fingerprint density at radius 2 is 1.71 bits per heavy atom. The van der Waals surface area contributed by atoms with Crippen molar-refractivity contribution in [3.05, 3.63) is 97.5 Å². The van der Waals surface area contributed by atoms with Crippen LogP contribution in [-0.2, 0) is 35.0 Å². The van der Waals surface area contributed by atoms with E-state index in [1.165, 1.54) is 36.9 Å². The van der Waals surface area contributed by atoms with Gasteiger partial charge >= 0.3 is 11.7 Å². The zero-order chi connectivity index (χ0) is 24.5. The molecular formula is C23H21N3O6S2. The normalized spacial score (nSPS) is 11.6. The van der Waals surface area contributed by atoms with Crippen molar-refractivity contribution < 1.29 is 17.9 Å². The van der Waals surface area contributed by atoms with Gasteiger partial charge < -0.3 is 4.74 Å². The molecule has 4 rings (SSSR count). The van der Waals surface area contributed by atoms with Gasteiger partial charge in [-0.05, 0) is 36.4 Å². The van der Waals surface area contributed by atoms with Crippen LogP contribution in [0.25, 0.3) is 10.2 Å². The molecule has 0 unspecified atom stereocenters. The highest BCUT2D eigenvalue weighted by atomic mass is 32.2. The lowest BCUT2D eigenvalue weighted by Gasteiger charge is -2.09. The third-order valence-corrected chi connectivity index (χ3v) is 7.89. The van der Waals surface area contributed by atoms with Crippen LogP contribution in [0, 0.1) is 0 Å². The number of hydrogen-bond acceptors (Lipinski definition) is 7. The van der Waals surface area contributed by atoms with Gasteiger partial charge in [0.25, 0.3) is 5.56 Å². The highest BCUT2D eigenvalue weighted by molar-refractivity contribution is 7.89. The second kappa shape index (κ2) is 9.37. The Hall–Kier alpha value is -3.54. The fourth-order valence-electron chi connectivity index (χ4n) is 3.39. The van der Waals surface area contributed by atoms with Crippen LogP contribution in [0.5, 0.6) is 0 Å². The fraction of sp³-hybridized carbons (Fsp3) is 0.174. The van der Waals surface area contributed by atoms with Crippen molar-refractivity contribution in [3.8, 4) is 0 Å². The molecular weight excluding hydrogens is 478 g/mol. The molecule has 34 heavy (non-hydrogen) atoms. The Labute approximate surface area is 198 Å². The standard InChI is InChI=1S/C23H21N3O6S2/c1-24-34(30,31)17-10-8-15(9-11-17)13-26-20(27)18-12-19(33-21(18)25(2)23(26)29)22(28)32-14-16-6-4-3-5-7-16/h3-12,24H,13-14H2,1-2H3. The molecule has 2 aromatic heterocycles. The first-order chi connectivity index (χ1) is 16.2.